The van der Waals surface area contributed by atoms with E-state index in [2.05, 4.69) is 9.47 Å². The van der Waals surface area contributed by atoms with Crippen LogP contribution in [-0.4, -0.2) is 6.29 Å². The van der Waals surface area contributed by atoms with E-state index in [1.165, 1.54) is 13.0 Å². The van der Waals surface area contributed by atoms with Gasteiger partial charge < -0.3 is 9.47 Å². The van der Waals surface area contributed by atoms with Crippen LogP contribution in [0, 0.1) is 5.92 Å². The number of allylic oxidation sites excluding steroid dienone is 3. The van der Waals surface area contributed by atoms with Crippen molar-refractivity contribution in [1.82, 2.24) is 0 Å². The van der Waals surface area contributed by atoms with Gasteiger partial charge in [-0.1, -0.05) is 19.9 Å². The molecule has 13 heavy (non-hydrogen) atoms. The van der Waals surface area contributed by atoms with Crippen LogP contribution in [0.25, 0.3) is 0 Å². The first-order chi connectivity index (χ1) is 5.91. The van der Waals surface area contributed by atoms with E-state index < -0.39 is 6.29 Å². The monoisotopic (exact) mass is 190 g/mol. The number of halogens is 2. The molecule has 1 heterocycles. The highest BCUT2D eigenvalue weighted by atomic mass is 19.3. The summed E-state index contributed by atoms with van der Waals surface area (Å²) in [5.41, 5.74) is 0. The Bertz CT molecular complexity index is 254. The SMILES string of the molecule is CC1=C(/C=C\C(C)C)OC(F)(F)O1. The Balaban J connectivity index is 2.67. The van der Waals surface area contributed by atoms with Crippen molar-refractivity contribution < 1.29 is 18.3 Å². The Morgan fingerprint density at radius 1 is 1.31 bits per heavy atom. The molecule has 0 aromatic heterocycles. The number of alkyl halides is 2. The minimum Gasteiger partial charge on any atom is -0.400 e. The van der Waals surface area contributed by atoms with Crippen molar-refractivity contribution >= 4 is 0 Å². The fourth-order valence-corrected chi connectivity index (χ4v) is 0.880. The fourth-order valence-electron chi connectivity index (χ4n) is 0.880. The van der Waals surface area contributed by atoms with E-state index >= 15 is 0 Å². The fraction of sp³-hybridized carbons (Fsp3) is 0.556. The summed E-state index contributed by atoms with van der Waals surface area (Å²) in [6.45, 7) is 5.33. The van der Waals surface area contributed by atoms with Crippen LogP contribution in [-0.2, 0) is 9.47 Å². The van der Waals surface area contributed by atoms with Crippen molar-refractivity contribution in [1.29, 1.82) is 0 Å². The van der Waals surface area contributed by atoms with Crippen LogP contribution < -0.4 is 0 Å². The normalized spacial score (nSPS) is 21.1. The highest BCUT2D eigenvalue weighted by Gasteiger charge is 2.42. The summed E-state index contributed by atoms with van der Waals surface area (Å²) in [5.74, 6) is 0.499. The van der Waals surface area contributed by atoms with E-state index in [-0.39, 0.29) is 17.4 Å². The summed E-state index contributed by atoms with van der Waals surface area (Å²) in [7, 11) is 0. The summed E-state index contributed by atoms with van der Waals surface area (Å²) in [6.07, 6.45) is -0.231. The molecule has 0 radical (unpaired) electrons. The summed E-state index contributed by atoms with van der Waals surface area (Å²) < 4.78 is 33.3. The van der Waals surface area contributed by atoms with Gasteiger partial charge >= 0.3 is 6.29 Å². The van der Waals surface area contributed by atoms with Crippen molar-refractivity contribution in [2.45, 2.75) is 27.1 Å². The molecule has 0 N–H and O–H groups in total. The number of rotatable bonds is 2. The van der Waals surface area contributed by atoms with Crippen LogP contribution in [0.1, 0.15) is 20.8 Å². The molecule has 1 aliphatic heterocycles. The van der Waals surface area contributed by atoms with Gasteiger partial charge in [-0.05, 0) is 18.9 Å². The smallest absolute Gasteiger partial charge is 0.400 e. The van der Waals surface area contributed by atoms with Gasteiger partial charge in [0.1, 0.15) is 5.76 Å². The molecular formula is C9H12F2O2. The van der Waals surface area contributed by atoms with Gasteiger partial charge in [0.15, 0.2) is 5.76 Å². The molecule has 74 valence electrons. The van der Waals surface area contributed by atoms with Crippen LogP contribution in [0.5, 0.6) is 0 Å². The van der Waals surface area contributed by atoms with Gasteiger partial charge in [-0.25, -0.2) is 0 Å². The van der Waals surface area contributed by atoms with Crippen LogP contribution in [0.4, 0.5) is 8.78 Å². The first-order valence-electron chi connectivity index (χ1n) is 4.05. The molecule has 0 aliphatic carbocycles. The molecule has 0 spiro atoms. The molecule has 0 saturated carbocycles. The maximum atomic E-state index is 12.4. The lowest BCUT2D eigenvalue weighted by Gasteiger charge is -2.06. The van der Waals surface area contributed by atoms with Crippen molar-refractivity contribution in [3.05, 3.63) is 23.7 Å². The minimum atomic E-state index is -3.50. The van der Waals surface area contributed by atoms with Crippen molar-refractivity contribution in [2.24, 2.45) is 5.92 Å². The summed E-state index contributed by atoms with van der Waals surface area (Å²) in [4.78, 5) is 0. The van der Waals surface area contributed by atoms with Crippen LogP contribution in [0.2, 0.25) is 0 Å². The zero-order valence-electron chi connectivity index (χ0n) is 7.80. The molecule has 0 amide bonds. The molecular weight excluding hydrogens is 178 g/mol. The van der Waals surface area contributed by atoms with Crippen molar-refractivity contribution in [2.75, 3.05) is 0 Å². The van der Waals surface area contributed by atoms with Gasteiger partial charge in [-0.15, -0.1) is 8.78 Å². The Hall–Kier alpha value is -1.06. The van der Waals surface area contributed by atoms with Gasteiger partial charge in [0.05, 0.1) is 0 Å². The summed E-state index contributed by atoms with van der Waals surface area (Å²) in [5, 5.41) is 0. The summed E-state index contributed by atoms with van der Waals surface area (Å²) >= 11 is 0. The average molecular weight is 190 g/mol. The number of hydrogen-bond donors (Lipinski definition) is 0. The Labute approximate surface area is 75.8 Å². The van der Waals surface area contributed by atoms with Gasteiger partial charge in [-0.2, -0.15) is 0 Å². The molecule has 0 fully saturated rings. The second-order valence-electron chi connectivity index (χ2n) is 3.19. The zero-order valence-corrected chi connectivity index (χ0v) is 7.80. The molecule has 1 aliphatic rings. The van der Waals surface area contributed by atoms with Crippen LogP contribution in [0.3, 0.4) is 0 Å². The minimum absolute atomic E-state index is 0.0960. The molecule has 0 unspecified atom stereocenters. The Morgan fingerprint density at radius 2 is 1.92 bits per heavy atom. The van der Waals surface area contributed by atoms with E-state index in [0.29, 0.717) is 0 Å². The van der Waals surface area contributed by atoms with Crippen molar-refractivity contribution in [3.8, 4) is 0 Å². The lowest BCUT2D eigenvalue weighted by Crippen LogP contribution is -2.16. The van der Waals surface area contributed by atoms with Crippen molar-refractivity contribution in [3.63, 3.8) is 0 Å². The maximum absolute atomic E-state index is 12.4. The van der Waals surface area contributed by atoms with Gasteiger partial charge in [0.25, 0.3) is 0 Å². The molecule has 0 aromatic rings. The van der Waals surface area contributed by atoms with E-state index in [0.717, 1.165) is 0 Å². The second-order valence-corrected chi connectivity index (χ2v) is 3.19. The first-order valence-corrected chi connectivity index (χ1v) is 4.05. The summed E-state index contributed by atoms with van der Waals surface area (Å²) in [6, 6.07) is 0. The Morgan fingerprint density at radius 3 is 2.31 bits per heavy atom. The number of hydrogen-bond acceptors (Lipinski definition) is 2. The highest BCUT2D eigenvalue weighted by molar-refractivity contribution is 5.18. The topological polar surface area (TPSA) is 18.5 Å². The Kier molecular flexibility index (Phi) is 2.59. The zero-order chi connectivity index (χ0) is 10.1. The van der Waals surface area contributed by atoms with Gasteiger partial charge in [0.2, 0.25) is 0 Å². The van der Waals surface area contributed by atoms with Gasteiger partial charge in [0, 0.05) is 0 Å². The third-order valence-corrected chi connectivity index (χ3v) is 1.48. The predicted octanol–water partition coefficient (Wildman–Crippen LogP) is 3.03. The molecule has 0 bridgehead atoms. The second kappa shape index (κ2) is 3.36. The van der Waals surface area contributed by atoms with E-state index in [1.807, 2.05) is 13.8 Å². The van der Waals surface area contributed by atoms with E-state index in [1.54, 1.807) is 6.08 Å². The lowest BCUT2D eigenvalue weighted by atomic mass is 10.2. The molecule has 2 nitrogen and oxygen atoms in total. The predicted molar refractivity (Wildman–Crippen MR) is 43.8 cm³/mol. The maximum Gasteiger partial charge on any atom is 0.585 e. The van der Waals surface area contributed by atoms with E-state index in [9.17, 15) is 8.78 Å². The van der Waals surface area contributed by atoms with E-state index in [4.69, 9.17) is 0 Å². The molecule has 4 heteroatoms. The number of ether oxygens (including phenoxy) is 2. The molecule has 0 aromatic carbocycles. The largest absolute Gasteiger partial charge is 0.585 e. The molecule has 0 atom stereocenters. The third-order valence-electron chi connectivity index (χ3n) is 1.48. The lowest BCUT2D eigenvalue weighted by molar-refractivity contribution is -0.336. The average Bonchev–Trinajstić information content (AvgIpc) is 2.20. The highest BCUT2D eigenvalue weighted by Crippen LogP contribution is 2.33. The van der Waals surface area contributed by atoms with Crippen LogP contribution in [0.15, 0.2) is 23.7 Å². The van der Waals surface area contributed by atoms with Crippen LogP contribution >= 0.6 is 0 Å². The quantitative estimate of drug-likeness (QED) is 0.666. The third kappa shape index (κ3) is 2.72. The first kappa shape index (κ1) is 10.0. The molecule has 0 saturated heterocycles. The molecule has 1 rings (SSSR count). The van der Waals surface area contributed by atoms with Gasteiger partial charge in [-0.3, -0.25) is 0 Å². The standard InChI is InChI=1S/C9H12F2O2/c1-6(2)4-5-8-7(3)12-9(10,11)13-8/h4-6H,1-3H3/b5-4-.